The monoisotopic (exact) mass is 428 g/mol. The molecule has 0 aliphatic carbocycles. The van der Waals surface area contributed by atoms with Gasteiger partial charge in [0.25, 0.3) is 0 Å². The highest BCUT2D eigenvalue weighted by atomic mass is 16.6. The number of cyclic esters (lactones) is 1. The summed E-state index contributed by atoms with van der Waals surface area (Å²) < 4.78 is 27.9. The molecule has 0 radical (unpaired) electrons. The minimum Gasteiger partial charge on any atom is -0.493 e. The van der Waals surface area contributed by atoms with E-state index in [-0.39, 0.29) is 18.5 Å². The van der Waals surface area contributed by atoms with Gasteiger partial charge in [-0.1, -0.05) is 26.0 Å². The summed E-state index contributed by atoms with van der Waals surface area (Å²) in [6.45, 7) is 7.66. The van der Waals surface area contributed by atoms with Crippen molar-refractivity contribution in [3.8, 4) is 28.4 Å². The molecule has 0 N–H and O–H groups in total. The van der Waals surface area contributed by atoms with Crippen LogP contribution in [0.25, 0.3) is 11.1 Å². The lowest BCUT2D eigenvalue weighted by atomic mass is 9.95. The van der Waals surface area contributed by atoms with Crippen LogP contribution >= 0.6 is 0 Å². The second kappa shape index (κ2) is 8.88. The van der Waals surface area contributed by atoms with Crippen molar-refractivity contribution >= 4 is 11.9 Å². The molecule has 7 heteroatoms. The SMILES string of the molecule is COc1ccc(-c2cccc3c2COC3=O)c(OC(C)(C)C(=O)OCC(C)C)c1OC. The van der Waals surface area contributed by atoms with E-state index in [1.165, 1.54) is 14.2 Å². The van der Waals surface area contributed by atoms with Gasteiger partial charge in [0.2, 0.25) is 5.75 Å². The highest BCUT2D eigenvalue weighted by Crippen LogP contribution is 2.47. The van der Waals surface area contributed by atoms with E-state index in [1.54, 1.807) is 32.0 Å². The minimum atomic E-state index is -1.30. The smallest absolute Gasteiger partial charge is 0.349 e. The lowest BCUT2D eigenvalue weighted by Crippen LogP contribution is -2.40. The number of benzene rings is 2. The van der Waals surface area contributed by atoms with E-state index in [1.807, 2.05) is 26.0 Å². The molecule has 0 saturated carbocycles. The number of carbonyl (C=O) groups is 2. The van der Waals surface area contributed by atoms with Crippen molar-refractivity contribution in [2.24, 2.45) is 5.92 Å². The van der Waals surface area contributed by atoms with Crippen molar-refractivity contribution < 1.29 is 33.3 Å². The van der Waals surface area contributed by atoms with Crippen molar-refractivity contribution in [2.45, 2.75) is 39.9 Å². The van der Waals surface area contributed by atoms with E-state index < -0.39 is 11.6 Å². The molecule has 31 heavy (non-hydrogen) atoms. The molecule has 1 aliphatic heterocycles. The second-order valence-electron chi connectivity index (χ2n) is 8.19. The van der Waals surface area contributed by atoms with E-state index in [0.29, 0.717) is 35.0 Å². The van der Waals surface area contributed by atoms with Crippen molar-refractivity contribution in [2.75, 3.05) is 20.8 Å². The highest BCUT2D eigenvalue weighted by molar-refractivity contribution is 5.96. The summed E-state index contributed by atoms with van der Waals surface area (Å²) in [6, 6.07) is 8.94. The standard InChI is InChI=1S/C24H28O7/c1-14(2)12-30-23(26)24(3,4)31-20-16(10-11-19(27-5)21(20)28-6)15-8-7-9-17-18(15)13-29-22(17)25/h7-11,14H,12-13H2,1-6H3. The molecule has 2 aromatic rings. The zero-order valence-corrected chi connectivity index (χ0v) is 18.7. The maximum Gasteiger partial charge on any atom is 0.349 e. The van der Waals surface area contributed by atoms with Gasteiger partial charge in [0.05, 0.1) is 26.4 Å². The zero-order valence-electron chi connectivity index (χ0n) is 18.7. The Labute approximate surface area is 182 Å². The van der Waals surface area contributed by atoms with Crippen LogP contribution in [0.3, 0.4) is 0 Å². The average molecular weight is 428 g/mol. The molecule has 0 unspecified atom stereocenters. The molecular weight excluding hydrogens is 400 g/mol. The first kappa shape index (κ1) is 22.5. The van der Waals surface area contributed by atoms with Gasteiger partial charge in [0, 0.05) is 11.1 Å². The first-order valence-electron chi connectivity index (χ1n) is 10.1. The van der Waals surface area contributed by atoms with E-state index in [9.17, 15) is 9.59 Å². The molecule has 0 aromatic heterocycles. The van der Waals surface area contributed by atoms with Crippen molar-refractivity contribution in [3.05, 3.63) is 41.5 Å². The molecule has 2 aromatic carbocycles. The number of rotatable bonds is 8. The third kappa shape index (κ3) is 4.45. The second-order valence-corrected chi connectivity index (χ2v) is 8.19. The van der Waals surface area contributed by atoms with Crippen LogP contribution in [0, 0.1) is 5.92 Å². The van der Waals surface area contributed by atoms with Crippen LogP contribution in [0.4, 0.5) is 0 Å². The van der Waals surface area contributed by atoms with E-state index in [4.69, 9.17) is 23.7 Å². The van der Waals surface area contributed by atoms with Gasteiger partial charge in [-0.05, 0) is 43.5 Å². The number of esters is 2. The molecule has 3 rings (SSSR count). The molecule has 0 bridgehead atoms. The maximum atomic E-state index is 12.7. The minimum absolute atomic E-state index is 0.165. The molecule has 1 aliphatic rings. The van der Waals surface area contributed by atoms with Crippen LogP contribution in [0.15, 0.2) is 30.3 Å². The van der Waals surface area contributed by atoms with Crippen molar-refractivity contribution in [3.63, 3.8) is 0 Å². The molecule has 0 atom stereocenters. The summed E-state index contributed by atoms with van der Waals surface area (Å²) in [5, 5.41) is 0. The predicted octanol–water partition coefficient (Wildman–Crippen LogP) is 4.40. The van der Waals surface area contributed by atoms with Gasteiger partial charge in [-0.15, -0.1) is 0 Å². The Morgan fingerprint density at radius 2 is 1.74 bits per heavy atom. The Morgan fingerprint density at radius 1 is 1.03 bits per heavy atom. The molecule has 0 amide bonds. The largest absolute Gasteiger partial charge is 0.493 e. The van der Waals surface area contributed by atoms with Crippen molar-refractivity contribution in [1.29, 1.82) is 0 Å². The van der Waals surface area contributed by atoms with Gasteiger partial charge >= 0.3 is 11.9 Å². The molecule has 166 valence electrons. The van der Waals surface area contributed by atoms with Gasteiger partial charge in [-0.3, -0.25) is 0 Å². The molecule has 1 heterocycles. The Hall–Kier alpha value is -3.22. The average Bonchev–Trinajstić information content (AvgIpc) is 3.12. The Morgan fingerprint density at radius 3 is 2.39 bits per heavy atom. The summed E-state index contributed by atoms with van der Waals surface area (Å²) in [5.41, 5.74) is 1.37. The Kier molecular flexibility index (Phi) is 6.43. The summed E-state index contributed by atoms with van der Waals surface area (Å²) >= 11 is 0. The summed E-state index contributed by atoms with van der Waals surface area (Å²) in [7, 11) is 3.02. The lowest BCUT2D eigenvalue weighted by Gasteiger charge is -2.28. The zero-order chi connectivity index (χ0) is 22.8. The number of hydrogen-bond donors (Lipinski definition) is 0. The van der Waals surface area contributed by atoms with Crippen LogP contribution in [-0.4, -0.2) is 38.4 Å². The third-order valence-electron chi connectivity index (χ3n) is 4.93. The highest BCUT2D eigenvalue weighted by Gasteiger charge is 2.36. The molecule has 0 fully saturated rings. The van der Waals surface area contributed by atoms with Crippen LogP contribution in [0.5, 0.6) is 17.2 Å². The van der Waals surface area contributed by atoms with Gasteiger partial charge in [0.1, 0.15) is 6.61 Å². The Balaban J connectivity index is 2.11. The fraction of sp³-hybridized carbons (Fsp3) is 0.417. The van der Waals surface area contributed by atoms with Crippen molar-refractivity contribution in [1.82, 2.24) is 0 Å². The fourth-order valence-electron chi connectivity index (χ4n) is 3.33. The summed E-state index contributed by atoms with van der Waals surface area (Å²) in [5.74, 6) is 0.457. The lowest BCUT2D eigenvalue weighted by molar-refractivity contribution is -0.160. The molecule has 0 saturated heterocycles. The van der Waals surface area contributed by atoms with E-state index in [2.05, 4.69) is 0 Å². The van der Waals surface area contributed by atoms with Gasteiger partial charge in [-0.2, -0.15) is 0 Å². The number of ether oxygens (including phenoxy) is 5. The molecular formula is C24H28O7. The number of methoxy groups -OCH3 is 2. The summed E-state index contributed by atoms with van der Waals surface area (Å²) in [4.78, 5) is 24.8. The predicted molar refractivity (Wildman–Crippen MR) is 115 cm³/mol. The van der Waals surface area contributed by atoms with E-state index in [0.717, 1.165) is 11.1 Å². The van der Waals surface area contributed by atoms with Crippen LogP contribution in [0.2, 0.25) is 0 Å². The maximum absolute atomic E-state index is 12.7. The van der Waals surface area contributed by atoms with Crippen LogP contribution in [-0.2, 0) is 20.9 Å². The number of carbonyl (C=O) groups excluding carboxylic acids is 2. The quantitative estimate of drug-likeness (QED) is 0.577. The number of fused-ring (bicyclic) bond motifs is 1. The van der Waals surface area contributed by atoms with E-state index >= 15 is 0 Å². The van der Waals surface area contributed by atoms with Crippen LogP contribution in [0.1, 0.15) is 43.6 Å². The summed E-state index contributed by atoms with van der Waals surface area (Å²) in [6.07, 6.45) is 0. The number of hydrogen-bond acceptors (Lipinski definition) is 7. The molecule has 7 nitrogen and oxygen atoms in total. The van der Waals surface area contributed by atoms with Gasteiger partial charge in [-0.25, -0.2) is 9.59 Å². The fourth-order valence-corrected chi connectivity index (χ4v) is 3.33. The first-order chi connectivity index (χ1) is 14.7. The van der Waals surface area contributed by atoms with Gasteiger partial charge in [0.15, 0.2) is 17.1 Å². The molecule has 0 spiro atoms. The topological polar surface area (TPSA) is 80.3 Å². The first-order valence-corrected chi connectivity index (χ1v) is 10.1. The van der Waals surface area contributed by atoms with Gasteiger partial charge < -0.3 is 23.7 Å². The Bertz CT molecular complexity index is 992. The van der Waals surface area contributed by atoms with Crippen LogP contribution < -0.4 is 14.2 Å². The third-order valence-corrected chi connectivity index (χ3v) is 4.93. The normalized spacial score (nSPS) is 12.9.